The highest BCUT2D eigenvalue weighted by Gasteiger charge is 2.17. The van der Waals surface area contributed by atoms with Crippen molar-refractivity contribution >= 4 is 40.5 Å². The Bertz CT molecular complexity index is 512. The molecule has 1 aromatic carbocycles. The number of hydrogen-bond acceptors (Lipinski definition) is 2. The van der Waals surface area contributed by atoms with E-state index in [2.05, 4.69) is 10.6 Å². The average molecular weight is 313 g/mol. The summed E-state index contributed by atoms with van der Waals surface area (Å²) in [7, 11) is 0. The second-order valence-electron chi connectivity index (χ2n) is 6.18. The van der Waals surface area contributed by atoms with Crippen LogP contribution in [0.4, 0.5) is 5.69 Å². The van der Waals surface area contributed by atoms with E-state index in [0.717, 1.165) is 16.8 Å². The van der Waals surface area contributed by atoms with Crippen LogP contribution in [0.5, 0.6) is 0 Å². The molecule has 20 heavy (non-hydrogen) atoms. The van der Waals surface area contributed by atoms with E-state index in [0.29, 0.717) is 11.4 Å². The van der Waals surface area contributed by atoms with Gasteiger partial charge in [0.25, 0.3) is 0 Å². The Morgan fingerprint density at radius 3 is 2.40 bits per heavy atom. The zero-order valence-electron chi connectivity index (χ0n) is 12.6. The van der Waals surface area contributed by atoms with Crippen LogP contribution in [0.3, 0.4) is 0 Å². The molecule has 0 aliphatic rings. The highest BCUT2D eigenvalue weighted by atomic mass is 35.5. The van der Waals surface area contributed by atoms with Crippen molar-refractivity contribution in [1.82, 2.24) is 5.32 Å². The number of carbonyl (C=O) groups excluding carboxylic acids is 1. The standard InChI is InChI=1S/C15H21ClN2OS/c1-9-6-10(2)13(11(16)7-9)18-14(20)17-12(19)8-15(3,4)5/h6-7H,8H2,1-5H3,(H2,17,18,19,20). The fourth-order valence-corrected chi connectivity index (χ4v) is 2.46. The Balaban J connectivity index is 2.70. The summed E-state index contributed by atoms with van der Waals surface area (Å²) in [6, 6.07) is 3.87. The van der Waals surface area contributed by atoms with Crippen molar-refractivity contribution in [3.8, 4) is 0 Å². The normalized spacial score (nSPS) is 11.1. The zero-order valence-corrected chi connectivity index (χ0v) is 14.1. The first kappa shape index (κ1) is 16.9. The van der Waals surface area contributed by atoms with Gasteiger partial charge >= 0.3 is 0 Å². The topological polar surface area (TPSA) is 41.1 Å². The van der Waals surface area contributed by atoms with Crippen LogP contribution in [0.25, 0.3) is 0 Å². The van der Waals surface area contributed by atoms with Gasteiger partial charge in [0.05, 0.1) is 10.7 Å². The molecule has 0 spiro atoms. The summed E-state index contributed by atoms with van der Waals surface area (Å²) >= 11 is 11.3. The molecule has 0 aromatic heterocycles. The van der Waals surface area contributed by atoms with Crippen molar-refractivity contribution in [2.75, 3.05) is 5.32 Å². The van der Waals surface area contributed by atoms with E-state index in [1.165, 1.54) is 0 Å². The second-order valence-corrected chi connectivity index (χ2v) is 6.99. The van der Waals surface area contributed by atoms with Crippen LogP contribution in [0.2, 0.25) is 5.02 Å². The molecule has 0 saturated carbocycles. The Hall–Kier alpha value is -1.13. The highest BCUT2D eigenvalue weighted by molar-refractivity contribution is 7.80. The monoisotopic (exact) mass is 312 g/mol. The van der Waals surface area contributed by atoms with E-state index in [4.69, 9.17) is 23.8 Å². The average Bonchev–Trinajstić information content (AvgIpc) is 2.20. The lowest BCUT2D eigenvalue weighted by molar-refractivity contribution is -0.121. The molecule has 0 fully saturated rings. The van der Waals surface area contributed by atoms with Gasteiger partial charge in [-0.3, -0.25) is 4.79 Å². The van der Waals surface area contributed by atoms with Gasteiger partial charge in [-0.2, -0.15) is 0 Å². The Labute approximate surface area is 131 Å². The second kappa shape index (κ2) is 6.55. The summed E-state index contributed by atoms with van der Waals surface area (Å²) in [6.07, 6.45) is 0.412. The Morgan fingerprint density at radius 2 is 1.90 bits per heavy atom. The Kier molecular flexibility index (Phi) is 5.54. The van der Waals surface area contributed by atoms with E-state index in [1.807, 2.05) is 46.8 Å². The molecular formula is C15H21ClN2OS. The van der Waals surface area contributed by atoms with Crippen LogP contribution in [-0.4, -0.2) is 11.0 Å². The van der Waals surface area contributed by atoms with E-state index >= 15 is 0 Å². The predicted octanol–water partition coefficient (Wildman–Crippen LogP) is 4.21. The quantitative estimate of drug-likeness (QED) is 0.804. The van der Waals surface area contributed by atoms with Crippen molar-refractivity contribution in [1.29, 1.82) is 0 Å². The first-order valence-corrected chi connectivity index (χ1v) is 7.25. The van der Waals surface area contributed by atoms with Gasteiger partial charge in [0, 0.05) is 6.42 Å². The minimum atomic E-state index is -0.101. The number of amides is 1. The molecule has 0 unspecified atom stereocenters. The van der Waals surface area contributed by atoms with Crippen LogP contribution in [-0.2, 0) is 4.79 Å². The molecule has 0 saturated heterocycles. The number of benzene rings is 1. The number of anilines is 1. The molecule has 0 radical (unpaired) electrons. The number of nitrogens with one attached hydrogen (secondary N) is 2. The van der Waals surface area contributed by atoms with Gasteiger partial charge in [-0.15, -0.1) is 0 Å². The summed E-state index contributed by atoms with van der Waals surface area (Å²) in [5, 5.41) is 6.53. The fourth-order valence-electron chi connectivity index (χ4n) is 1.87. The molecule has 0 aliphatic heterocycles. The number of thiocarbonyl (C=S) groups is 1. The van der Waals surface area contributed by atoms with Gasteiger partial charge in [-0.1, -0.05) is 38.4 Å². The van der Waals surface area contributed by atoms with Crippen molar-refractivity contribution < 1.29 is 4.79 Å². The van der Waals surface area contributed by atoms with E-state index in [9.17, 15) is 4.79 Å². The molecule has 1 amide bonds. The maximum absolute atomic E-state index is 11.8. The van der Waals surface area contributed by atoms with E-state index < -0.39 is 0 Å². The van der Waals surface area contributed by atoms with Crippen LogP contribution in [0.1, 0.15) is 38.3 Å². The fraction of sp³-hybridized carbons (Fsp3) is 0.467. The molecule has 5 heteroatoms. The first-order chi connectivity index (χ1) is 9.08. The zero-order chi connectivity index (χ0) is 15.5. The van der Waals surface area contributed by atoms with Gasteiger partial charge in [0.15, 0.2) is 5.11 Å². The summed E-state index contributed by atoms with van der Waals surface area (Å²) in [5.41, 5.74) is 2.73. The molecular weight excluding hydrogens is 292 g/mol. The minimum absolute atomic E-state index is 0.0723. The third-order valence-electron chi connectivity index (χ3n) is 2.61. The van der Waals surface area contributed by atoms with Gasteiger partial charge in [0.1, 0.15) is 0 Å². The molecule has 1 rings (SSSR count). The molecule has 0 bridgehead atoms. The predicted molar refractivity (Wildman–Crippen MR) is 89.4 cm³/mol. The van der Waals surface area contributed by atoms with Crippen LogP contribution in [0.15, 0.2) is 12.1 Å². The van der Waals surface area contributed by atoms with Crippen molar-refractivity contribution in [3.05, 3.63) is 28.3 Å². The number of aryl methyl sites for hydroxylation is 2. The third-order valence-corrected chi connectivity index (χ3v) is 3.12. The first-order valence-electron chi connectivity index (χ1n) is 6.46. The van der Waals surface area contributed by atoms with Crippen LogP contribution in [0, 0.1) is 19.3 Å². The lowest BCUT2D eigenvalue weighted by Crippen LogP contribution is -2.36. The summed E-state index contributed by atoms with van der Waals surface area (Å²) in [5.74, 6) is -0.101. The Morgan fingerprint density at radius 1 is 1.30 bits per heavy atom. The summed E-state index contributed by atoms with van der Waals surface area (Å²) in [4.78, 5) is 11.8. The largest absolute Gasteiger partial charge is 0.331 e. The van der Waals surface area contributed by atoms with Crippen LogP contribution >= 0.6 is 23.8 Å². The third kappa shape index (κ3) is 5.47. The molecule has 2 N–H and O–H groups in total. The van der Waals surface area contributed by atoms with Crippen molar-refractivity contribution in [2.24, 2.45) is 5.41 Å². The lowest BCUT2D eigenvalue weighted by Gasteiger charge is -2.18. The molecule has 0 aliphatic carbocycles. The lowest BCUT2D eigenvalue weighted by atomic mass is 9.92. The molecule has 3 nitrogen and oxygen atoms in total. The maximum Gasteiger partial charge on any atom is 0.226 e. The van der Waals surface area contributed by atoms with Gasteiger partial charge in [-0.05, 0) is 48.7 Å². The number of hydrogen-bond donors (Lipinski definition) is 2. The number of halogens is 1. The molecule has 0 heterocycles. The van der Waals surface area contributed by atoms with E-state index in [-0.39, 0.29) is 16.4 Å². The minimum Gasteiger partial charge on any atom is -0.331 e. The smallest absolute Gasteiger partial charge is 0.226 e. The summed E-state index contributed by atoms with van der Waals surface area (Å²) < 4.78 is 0. The van der Waals surface area contributed by atoms with Gasteiger partial charge in [-0.25, -0.2) is 0 Å². The highest BCUT2D eigenvalue weighted by Crippen LogP contribution is 2.27. The number of carbonyl (C=O) groups is 1. The summed E-state index contributed by atoms with van der Waals surface area (Å²) in [6.45, 7) is 9.94. The van der Waals surface area contributed by atoms with Gasteiger partial charge < -0.3 is 10.6 Å². The van der Waals surface area contributed by atoms with Crippen LogP contribution < -0.4 is 10.6 Å². The van der Waals surface area contributed by atoms with E-state index in [1.54, 1.807) is 0 Å². The number of rotatable bonds is 2. The van der Waals surface area contributed by atoms with Crippen molar-refractivity contribution in [2.45, 2.75) is 41.0 Å². The molecule has 0 atom stereocenters. The maximum atomic E-state index is 11.8. The SMILES string of the molecule is Cc1cc(C)c(NC(=S)NC(=O)CC(C)(C)C)c(Cl)c1. The van der Waals surface area contributed by atoms with Crippen molar-refractivity contribution in [3.63, 3.8) is 0 Å². The van der Waals surface area contributed by atoms with Gasteiger partial charge in [0.2, 0.25) is 5.91 Å². The molecule has 1 aromatic rings. The molecule has 110 valence electrons.